The van der Waals surface area contributed by atoms with E-state index in [4.69, 9.17) is 0 Å². The summed E-state index contributed by atoms with van der Waals surface area (Å²) in [6, 6.07) is 8.43. The predicted octanol–water partition coefficient (Wildman–Crippen LogP) is 3.41. The number of nitrogens with one attached hydrogen (secondary N) is 2. The van der Waals surface area contributed by atoms with Gasteiger partial charge in [-0.05, 0) is 54.8 Å². The first-order valence-electron chi connectivity index (χ1n) is 7.27. The first kappa shape index (κ1) is 13.0. The van der Waals surface area contributed by atoms with Crippen LogP contribution >= 0.6 is 0 Å². The van der Waals surface area contributed by atoms with E-state index < -0.39 is 0 Å². The highest BCUT2D eigenvalue weighted by atomic mass is 19.1. The molecule has 0 saturated heterocycles. The van der Waals surface area contributed by atoms with Crippen molar-refractivity contribution in [2.24, 2.45) is 0 Å². The van der Waals surface area contributed by atoms with E-state index in [1.54, 1.807) is 12.1 Å². The Morgan fingerprint density at radius 3 is 2.68 bits per heavy atom. The zero-order valence-electron chi connectivity index (χ0n) is 12.2. The Labute approximate surface area is 127 Å². The third kappa shape index (κ3) is 2.15. The molecule has 1 aliphatic heterocycles. The van der Waals surface area contributed by atoms with Crippen molar-refractivity contribution in [2.45, 2.75) is 13.3 Å². The van der Waals surface area contributed by atoms with Crippen molar-refractivity contribution in [3.8, 4) is 11.3 Å². The van der Waals surface area contributed by atoms with Crippen LogP contribution in [0, 0.1) is 12.7 Å². The van der Waals surface area contributed by atoms with Crippen LogP contribution in [0.4, 0.5) is 4.39 Å². The van der Waals surface area contributed by atoms with Crippen LogP contribution in [-0.2, 0) is 0 Å². The molecule has 3 heterocycles. The number of fused-ring (bicyclic) bond motifs is 1. The third-order valence-corrected chi connectivity index (χ3v) is 3.86. The smallest absolute Gasteiger partial charge is 0.126 e. The van der Waals surface area contributed by atoms with Crippen LogP contribution in [0.3, 0.4) is 0 Å². The van der Waals surface area contributed by atoms with Crippen LogP contribution in [-0.4, -0.2) is 21.5 Å². The molecule has 4 nitrogen and oxygen atoms in total. The monoisotopic (exact) mass is 294 g/mol. The SMILES string of the molecule is Cc1nc(C2=CNCC2)c2[nH]c(-c3ccc(F)cc3)cc2n1. The Kier molecular flexibility index (Phi) is 2.92. The number of H-pyrrole nitrogens is 1. The average Bonchev–Trinajstić information content (AvgIpc) is 3.16. The molecule has 0 aliphatic carbocycles. The molecule has 0 saturated carbocycles. The van der Waals surface area contributed by atoms with Gasteiger partial charge in [-0.15, -0.1) is 0 Å². The Morgan fingerprint density at radius 2 is 1.95 bits per heavy atom. The molecular weight excluding hydrogens is 279 g/mol. The molecule has 1 aliphatic rings. The van der Waals surface area contributed by atoms with Crippen molar-refractivity contribution < 1.29 is 4.39 Å². The minimum atomic E-state index is -0.238. The highest BCUT2D eigenvalue weighted by Gasteiger charge is 2.16. The van der Waals surface area contributed by atoms with Crippen molar-refractivity contribution in [3.05, 3.63) is 53.9 Å². The van der Waals surface area contributed by atoms with Crippen LogP contribution in [0.1, 0.15) is 17.9 Å². The summed E-state index contributed by atoms with van der Waals surface area (Å²) in [5, 5.41) is 3.22. The normalized spacial score (nSPS) is 14.2. The molecule has 1 aromatic carbocycles. The minimum absolute atomic E-state index is 0.238. The molecule has 0 radical (unpaired) electrons. The molecular formula is C17H15FN4. The topological polar surface area (TPSA) is 53.6 Å². The van der Waals surface area contributed by atoms with Gasteiger partial charge in [0.05, 0.1) is 16.7 Å². The summed E-state index contributed by atoms with van der Waals surface area (Å²) in [6.45, 7) is 2.84. The van der Waals surface area contributed by atoms with Gasteiger partial charge in [0, 0.05) is 18.4 Å². The van der Waals surface area contributed by atoms with Gasteiger partial charge in [-0.1, -0.05) is 0 Å². The first-order valence-corrected chi connectivity index (χ1v) is 7.27. The van der Waals surface area contributed by atoms with E-state index >= 15 is 0 Å². The van der Waals surface area contributed by atoms with Gasteiger partial charge in [-0.3, -0.25) is 0 Å². The lowest BCUT2D eigenvalue weighted by atomic mass is 10.1. The van der Waals surface area contributed by atoms with Crippen LogP contribution in [0.25, 0.3) is 27.9 Å². The molecule has 0 amide bonds. The summed E-state index contributed by atoms with van der Waals surface area (Å²) >= 11 is 0. The fraction of sp³-hybridized carbons (Fsp3) is 0.176. The van der Waals surface area contributed by atoms with Gasteiger partial charge < -0.3 is 10.3 Å². The molecule has 4 rings (SSSR count). The molecule has 2 N–H and O–H groups in total. The Hall–Kier alpha value is -2.69. The molecule has 110 valence electrons. The van der Waals surface area contributed by atoms with E-state index in [0.717, 1.165) is 46.8 Å². The average molecular weight is 294 g/mol. The zero-order valence-corrected chi connectivity index (χ0v) is 12.2. The number of hydrogen-bond donors (Lipinski definition) is 2. The lowest BCUT2D eigenvalue weighted by Crippen LogP contribution is -1.97. The van der Waals surface area contributed by atoms with Gasteiger partial charge in [0.15, 0.2) is 0 Å². The number of aromatic nitrogens is 3. The maximum absolute atomic E-state index is 13.1. The van der Waals surface area contributed by atoms with Crippen molar-refractivity contribution >= 4 is 16.6 Å². The molecule has 0 bridgehead atoms. The van der Waals surface area contributed by atoms with E-state index in [1.807, 2.05) is 19.2 Å². The number of halogens is 1. The maximum atomic E-state index is 13.1. The highest BCUT2D eigenvalue weighted by Crippen LogP contribution is 2.29. The number of benzene rings is 1. The first-order chi connectivity index (χ1) is 10.7. The number of rotatable bonds is 2. The number of aryl methyl sites for hydroxylation is 1. The molecule has 0 fully saturated rings. The van der Waals surface area contributed by atoms with Crippen LogP contribution in [0.2, 0.25) is 0 Å². The Balaban J connectivity index is 1.89. The maximum Gasteiger partial charge on any atom is 0.126 e. The van der Waals surface area contributed by atoms with Crippen molar-refractivity contribution in [3.63, 3.8) is 0 Å². The van der Waals surface area contributed by atoms with Gasteiger partial charge in [0.25, 0.3) is 0 Å². The van der Waals surface area contributed by atoms with Gasteiger partial charge in [-0.25, -0.2) is 14.4 Å². The fourth-order valence-corrected chi connectivity index (χ4v) is 2.81. The van der Waals surface area contributed by atoms with E-state index in [-0.39, 0.29) is 5.82 Å². The van der Waals surface area contributed by atoms with Gasteiger partial charge in [0.1, 0.15) is 11.6 Å². The molecule has 22 heavy (non-hydrogen) atoms. The van der Waals surface area contributed by atoms with E-state index in [9.17, 15) is 4.39 Å². The Bertz CT molecular complexity index is 878. The summed E-state index contributed by atoms with van der Waals surface area (Å²) in [4.78, 5) is 12.5. The fourth-order valence-electron chi connectivity index (χ4n) is 2.81. The summed E-state index contributed by atoms with van der Waals surface area (Å²) in [6.07, 6.45) is 2.97. The second kappa shape index (κ2) is 4.94. The van der Waals surface area contributed by atoms with Crippen molar-refractivity contribution in [1.82, 2.24) is 20.3 Å². The van der Waals surface area contributed by atoms with Gasteiger partial charge >= 0.3 is 0 Å². The zero-order chi connectivity index (χ0) is 15.1. The second-order valence-corrected chi connectivity index (χ2v) is 5.44. The standard InChI is InChI=1S/C17H15FN4/c1-10-20-15-8-14(11-2-4-13(18)5-3-11)22-17(15)16(21-10)12-6-7-19-9-12/h2-5,8-9,19,22H,6-7H2,1H3. The summed E-state index contributed by atoms with van der Waals surface area (Å²) < 4.78 is 13.1. The van der Waals surface area contributed by atoms with Gasteiger partial charge in [0.2, 0.25) is 0 Å². The third-order valence-electron chi connectivity index (χ3n) is 3.86. The highest BCUT2D eigenvalue weighted by molar-refractivity contribution is 5.91. The summed E-state index contributed by atoms with van der Waals surface area (Å²) in [5.41, 5.74) is 5.79. The number of aromatic amines is 1. The van der Waals surface area contributed by atoms with Crippen molar-refractivity contribution in [1.29, 1.82) is 0 Å². The largest absolute Gasteiger partial charge is 0.390 e. The minimum Gasteiger partial charge on any atom is -0.390 e. The quantitative estimate of drug-likeness (QED) is 0.761. The summed E-state index contributed by atoms with van der Waals surface area (Å²) in [7, 11) is 0. The van der Waals surface area contributed by atoms with Crippen molar-refractivity contribution in [2.75, 3.05) is 6.54 Å². The number of hydrogen-bond acceptors (Lipinski definition) is 3. The lowest BCUT2D eigenvalue weighted by Gasteiger charge is -2.03. The molecule has 5 heteroatoms. The second-order valence-electron chi connectivity index (χ2n) is 5.44. The lowest BCUT2D eigenvalue weighted by molar-refractivity contribution is 0.628. The molecule has 0 spiro atoms. The van der Waals surface area contributed by atoms with E-state index in [0.29, 0.717) is 0 Å². The van der Waals surface area contributed by atoms with Crippen LogP contribution in [0.15, 0.2) is 36.5 Å². The Morgan fingerprint density at radius 1 is 1.14 bits per heavy atom. The van der Waals surface area contributed by atoms with Crippen LogP contribution < -0.4 is 5.32 Å². The predicted molar refractivity (Wildman–Crippen MR) is 84.6 cm³/mol. The van der Waals surface area contributed by atoms with Crippen LogP contribution in [0.5, 0.6) is 0 Å². The molecule has 2 aromatic heterocycles. The number of nitrogens with zero attached hydrogens (tertiary/aromatic N) is 2. The van der Waals surface area contributed by atoms with E-state index in [1.165, 1.54) is 17.7 Å². The molecule has 3 aromatic rings. The van der Waals surface area contributed by atoms with E-state index in [2.05, 4.69) is 20.3 Å². The summed E-state index contributed by atoms with van der Waals surface area (Å²) in [5.74, 6) is 0.512. The van der Waals surface area contributed by atoms with Gasteiger partial charge in [-0.2, -0.15) is 0 Å². The molecule has 0 unspecified atom stereocenters. The molecule has 0 atom stereocenters.